The number of nitrogens with one attached hydrogen (secondary N) is 2. The molecule has 0 bridgehead atoms. The van der Waals surface area contributed by atoms with Gasteiger partial charge in [-0.25, -0.2) is 0 Å². The summed E-state index contributed by atoms with van der Waals surface area (Å²) in [7, 11) is 7.82. The number of aryl methyl sites for hydroxylation is 1. The van der Waals surface area contributed by atoms with E-state index in [1.807, 2.05) is 19.1 Å². The molecule has 2 N–H and O–H groups in total. The first-order valence-electron chi connectivity index (χ1n) is 10.6. The Morgan fingerprint density at radius 1 is 0.800 bits per heavy atom. The second-order valence-electron chi connectivity index (χ2n) is 7.65. The van der Waals surface area contributed by atoms with Gasteiger partial charge in [0.1, 0.15) is 33.1 Å². The Morgan fingerprint density at radius 3 is 1.74 bits per heavy atom. The van der Waals surface area contributed by atoms with E-state index in [1.54, 1.807) is 52.6 Å². The Labute approximate surface area is 216 Å². The summed E-state index contributed by atoms with van der Waals surface area (Å²) in [5.41, 5.74) is 7.50. The minimum atomic E-state index is -1.04. The lowest BCUT2D eigenvalue weighted by atomic mass is 10.1. The third-order valence-corrected chi connectivity index (χ3v) is 6.25. The number of rotatable bonds is 7. The minimum absolute atomic E-state index is 0.286. The van der Waals surface area contributed by atoms with Crippen LogP contribution in [0.4, 0.5) is 0 Å². The van der Waals surface area contributed by atoms with Crippen molar-refractivity contribution in [1.29, 1.82) is 0 Å². The van der Waals surface area contributed by atoms with Gasteiger partial charge in [0.2, 0.25) is 0 Å². The van der Waals surface area contributed by atoms with Crippen LogP contribution < -0.4 is 25.1 Å². The number of ether oxygens (including phenoxy) is 3. The van der Waals surface area contributed by atoms with Crippen LogP contribution in [-0.4, -0.2) is 67.2 Å². The lowest BCUT2D eigenvalue weighted by molar-refractivity contribution is -0.137. The maximum Gasteiger partial charge on any atom is 0.250 e. The Kier molecular flexibility index (Phi) is 9.78. The average Bonchev–Trinajstić information content (AvgIpc) is 2.86. The summed E-state index contributed by atoms with van der Waals surface area (Å²) in [5, 5.41) is 2.76. The molecule has 0 saturated carbocycles. The SMILES string of the molecule is COc1ccc(C)c(C(=S)N(C)NC(=O)C(C)C(=O)NN(C)C(=S)c2cc(OC)ccc2OC)c1. The van der Waals surface area contributed by atoms with Gasteiger partial charge in [-0.1, -0.05) is 30.5 Å². The molecule has 0 heterocycles. The van der Waals surface area contributed by atoms with E-state index in [1.165, 1.54) is 24.1 Å². The van der Waals surface area contributed by atoms with Crippen molar-refractivity contribution in [1.82, 2.24) is 20.9 Å². The number of methoxy groups -OCH3 is 3. The second kappa shape index (κ2) is 12.3. The fourth-order valence-corrected chi connectivity index (χ4v) is 3.52. The summed E-state index contributed by atoms with van der Waals surface area (Å²) in [4.78, 5) is 26.2. The summed E-state index contributed by atoms with van der Waals surface area (Å²) in [6.45, 7) is 3.39. The van der Waals surface area contributed by atoms with Crippen LogP contribution in [0.1, 0.15) is 23.6 Å². The van der Waals surface area contributed by atoms with Crippen LogP contribution in [0.25, 0.3) is 0 Å². The van der Waals surface area contributed by atoms with Gasteiger partial charge in [-0.3, -0.25) is 30.5 Å². The predicted octanol–water partition coefficient (Wildman–Crippen LogP) is 2.63. The normalized spacial score (nSPS) is 11.1. The lowest BCUT2D eigenvalue weighted by Gasteiger charge is -2.26. The van der Waals surface area contributed by atoms with Gasteiger partial charge in [-0.2, -0.15) is 0 Å². The topological polar surface area (TPSA) is 92.4 Å². The van der Waals surface area contributed by atoms with E-state index in [4.69, 9.17) is 38.6 Å². The minimum Gasteiger partial charge on any atom is -0.497 e. The molecular weight excluding hydrogens is 488 g/mol. The molecule has 11 heteroatoms. The molecule has 2 rings (SSSR count). The highest BCUT2D eigenvalue weighted by Gasteiger charge is 2.26. The first-order chi connectivity index (χ1) is 16.5. The van der Waals surface area contributed by atoms with Crippen LogP contribution in [0.2, 0.25) is 0 Å². The predicted molar refractivity (Wildman–Crippen MR) is 142 cm³/mol. The quantitative estimate of drug-likeness (QED) is 0.326. The lowest BCUT2D eigenvalue weighted by Crippen LogP contribution is -2.51. The molecule has 1 unspecified atom stereocenters. The molecule has 35 heavy (non-hydrogen) atoms. The molecule has 0 aliphatic heterocycles. The molecule has 0 saturated heterocycles. The number of thiocarbonyl (C=S) groups is 2. The van der Waals surface area contributed by atoms with Gasteiger partial charge < -0.3 is 14.2 Å². The number of hydrazine groups is 2. The summed E-state index contributed by atoms with van der Waals surface area (Å²) in [6.07, 6.45) is 0. The van der Waals surface area contributed by atoms with E-state index in [0.29, 0.717) is 27.8 Å². The molecule has 2 amide bonds. The van der Waals surface area contributed by atoms with E-state index in [2.05, 4.69) is 10.9 Å². The van der Waals surface area contributed by atoms with Crippen molar-refractivity contribution in [2.75, 3.05) is 35.4 Å². The molecule has 0 aliphatic carbocycles. The van der Waals surface area contributed by atoms with Gasteiger partial charge in [-0.05, 0) is 49.7 Å². The third kappa shape index (κ3) is 6.80. The molecule has 0 spiro atoms. The summed E-state index contributed by atoms with van der Waals surface area (Å²) in [5.74, 6) is -0.375. The first kappa shape index (κ1) is 27.8. The summed E-state index contributed by atoms with van der Waals surface area (Å²) in [6, 6.07) is 10.7. The summed E-state index contributed by atoms with van der Waals surface area (Å²) >= 11 is 11.0. The van der Waals surface area contributed by atoms with Crippen LogP contribution >= 0.6 is 24.4 Å². The second-order valence-corrected chi connectivity index (χ2v) is 8.42. The molecular formula is C24H30N4O5S2. The van der Waals surface area contributed by atoms with E-state index in [0.717, 1.165) is 11.1 Å². The van der Waals surface area contributed by atoms with E-state index >= 15 is 0 Å². The van der Waals surface area contributed by atoms with Crippen LogP contribution in [0, 0.1) is 12.8 Å². The van der Waals surface area contributed by atoms with Gasteiger partial charge in [-0.15, -0.1) is 0 Å². The highest BCUT2D eigenvalue weighted by molar-refractivity contribution is 7.81. The van der Waals surface area contributed by atoms with Crippen molar-refractivity contribution >= 4 is 46.2 Å². The first-order valence-corrected chi connectivity index (χ1v) is 11.4. The highest BCUT2D eigenvalue weighted by Crippen LogP contribution is 2.25. The van der Waals surface area contributed by atoms with Gasteiger partial charge in [0, 0.05) is 19.7 Å². The van der Waals surface area contributed by atoms with Gasteiger partial charge in [0.15, 0.2) is 0 Å². The molecule has 1 atom stereocenters. The zero-order chi connectivity index (χ0) is 26.3. The van der Waals surface area contributed by atoms with Crippen molar-refractivity contribution in [3.8, 4) is 17.2 Å². The van der Waals surface area contributed by atoms with Crippen LogP contribution in [0.5, 0.6) is 17.2 Å². The van der Waals surface area contributed by atoms with E-state index in [9.17, 15) is 9.59 Å². The number of hydrogen-bond donors (Lipinski definition) is 2. The number of hydrogen-bond acceptors (Lipinski definition) is 7. The zero-order valence-electron chi connectivity index (χ0n) is 20.8. The number of carbonyl (C=O) groups excluding carboxylic acids is 2. The van der Waals surface area contributed by atoms with E-state index < -0.39 is 17.7 Å². The molecule has 188 valence electrons. The maximum atomic E-state index is 12.8. The third-order valence-electron chi connectivity index (χ3n) is 5.26. The standard InChI is InChI=1S/C24H30N4O5S2/c1-14-8-9-16(31-5)12-18(14)23(34)27(3)25-21(29)15(2)22(30)26-28(4)24(35)19-13-17(32-6)10-11-20(19)33-7/h8-13,15H,1-7H3,(H,25,29)(H,26,30). The smallest absolute Gasteiger partial charge is 0.250 e. The largest absolute Gasteiger partial charge is 0.497 e. The Balaban J connectivity index is 2.05. The van der Waals surface area contributed by atoms with Crippen molar-refractivity contribution in [3.05, 3.63) is 53.1 Å². The number of carbonyl (C=O) groups is 2. The Morgan fingerprint density at radius 2 is 1.26 bits per heavy atom. The fourth-order valence-electron chi connectivity index (χ4n) is 3.05. The van der Waals surface area contributed by atoms with Crippen molar-refractivity contribution in [3.63, 3.8) is 0 Å². The monoisotopic (exact) mass is 518 g/mol. The van der Waals surface area contributed by atoms with Gasteiger partial charge >= 0.3 is 0 Å². The Hall–Kier alpha value is -3.44. The molecule has 0 fully saturated rings. The highest BCUT2D eigenvalue weighted by atomic mass is 32.1. The van der Waals surface area contributed by atoms with Crippen molar-refractivity contribution in [2.45, 2.75) is 13.8 Å². The molecule has 2 aromatic rings. The van der Waals surface area contributed by atoms with E-state index in [-0.39, 0.29) is 4.99 Å². The number of amides is 2. The molecule has 0 aromatic heterocycles. The average molecular weight is 519 g/mol. The molecule has 0 aliphatic rings. The van der Waals surface area contributed by atoms with Crippen LogP contribution in [0.15, 0.2) is 36.4 Å². The van der Waals surface area contributed by atoms with Crippen LogP contribution in [0.3, 0.4) is 0 Å². The van der Waals surface area contributed by atoms with Crippen LogP contribution in [-0.2, 0) is 9.59 Å². The zero-order valence-corrected chi connectivity index (χ0v) is 22.4. The van der Waals surface area contributed by atoms with Crippen molar-refractivity contribution in [2.24, 2.45) is 5.92 Å². The molecule has 2 aromatic carbocycles. The molecule has 0 radical (unpaired) electrons. The number of nitrogens with zero attached hydrogens (tertiary/aromatic N) is 2. The van der Waals surface area contributed by atoms with Gasteiger partial charge in [0.05, 0.1) is 26.9 Å². The summed E-state index contributed by atoms with van der Waals surface area (Å²) < 4.78 is 15.9. The number of benzene rings is 2. The van der Waals surface area contributed by atoms with Crippen molar-refractivity contribution < 1.29 is 23.8 Å². The van der Waals surface area contributed by atoms with Gasteiger partial charge in [0.25, 0.3) is 11.8 Å². The maximum absolute atomic E-state index is 12.8. The molecule has 9 nitrogen and oxygen atoms in total. The Bertz CT molecular complexity index is 1130. The fraction of sp³-hybridized carbons (Fsp3) is 0.333.